The smallest absolute Gasteiger partial charge is 0.127 e. The van der Waals surface area contributed by atoms with E-state index < -0.39 is 7.12 Å². The third-order valence-corrected chi connectivity index (χ3v) is 2.76. The van der Waals surface area contributed by atoms with Crippen LogP contribution in [0.5, 0.6) is 0 Å². The van der Waals surface area contributed by atoms with Crippen molar-refractivity contribution in [3.05, 3.63) is 91.0 Å². The first-order valence-corrected chi connectivity index (χ1v) is 7.20. The first-order valence-electron chi connectivity index (χ1n) is 7.20. The van der Waals surface area contributed by atoms with Crippen LogP contribution in [0.25, 0.3) is 0 Å². The largest absolute Gasteiger partial charge is 0.889 e. The van der Waals surface area contributed by atoms with Crippen molar-refractivity contribution in [1.82, 2.24) is 0 Å². The normalized spacial score (nSPS) is 8.87. The molecular weight excluding hydrogens is 287 g/mol. The van der Waals surface area contributed by atoms with Crippen LogP contribution in [0, 0.1) is 0 Å². The van der Waals surface area contributed by atoms with Crippen LogP contribution >= 0.6 is 0 Å². The molecule has 0 amide bonds. The molecule has 118 valence electrons. The standard InChI is InChI=1S/C6H5BO2.2C6H7N/c8-7(9)6-4-2-1-3-5-6;2*7-6-4-2-1-3-5-6/h1-5H;2*1-5H,7H2/q-2;;/p+2. The zero-order valence-corrected chi connectivity index (χ0v) is 13.0. The first-order chi connectivity index (χ1) is 11.1. The Morgan fingerprint density at radius 3 is 1.00 bits per heavy atom. The van der Waals surface area contributed by atoms with Crippen LogP contribution in [-0.2, 0) is 0 Å². The van der Waals surface area contributed by atoms with Crippen LogP contribution in [0.4, 0.5) is 11.4 Å². The molecular formula is C18H21BN2O2. The van der Waals surface area contributed by atoms with Crippen molar-refractivity contribution in [2.24, 2.45) is 0 Å². The molecule has 0 aromatic heterocycles. The van der Waals surface area contributed by atoms with Gasteiger partial charge in [-0.25, -0.2) is 0 Å². The highest BCUT2D eigenvalue weighted by molar-refractivity contribution is 6.55. The number of quaternary nitrogens is 2. The van der Waals surface area contributed by atoms with Crippen molar-refractivity contribution in [3.8, 4) is 0 Å². The van der Waals surface area contributed by atoms with Crippen molar-refractivity contribution in [1.29, 1.82) is 0 Å². The first kappa shape index (κ1) is 18.6. The SMILES string of the molecule is [NH3+]c1ccccc1.[NH3+]c1ccccc1.[O-]B([O-])c1ccccc1. The third kappa shape index (κ3) is 9.24. The molecule has 0 aliphatic carbocycles. The van der Waals surface area contributed by atoms with Crippen LogP contribution < -0.4 is 27.0 Å². The molecule has 3 aromatic rings. The van der Waals surface area contributed by atoms with Crippen molar-refractivity contribution >= 4 is 24.0 Å². The number of benzene rings is 3. The van der Waals surface area contributed by atoms with Crippen molar-refractivity contribution in [3.63, 3.8) is 0 Å². The van der Waals surface area contributed by atoms with E-state index in [1.807, 2.05) is 60.7 Å². The molecule has 0 aliphatic rings. The van der Waals surface area contributed by atoms with E-state index in [1.165, 1.54) is 12.1 Å². The summed E-state index contributed by atoms with van der Waals surface area (Å²) in [5.74, 6) is 0. The Bertz CT molecular complexity index is 597. The number of hydrogen-bond acceptors (Lipinski definition) is 2. The van der Waals surface area contributed by atoms with E-state index in [9.17, 15) is 10.0 Å². The summed E-state index contributed by atoms with van der Waals surface area (Å²) >= 11 is 0. The van der Waals surface area contributed by atoms with Gasteiger partial charge >= 0.3 is 0 Å². The van der Waals surface area contributed by atoms with E-state index in [0.717, 1.165) is 11.4 Å². The molecule has 3 rings (SSSR count). The van der Waals surface area contributed by atoms with Gasteiger partial charge < -0.3 is 21.5 Å². The van der Waals surface area contributed by atoms with Crippen molar-refractivity contribution in [2.45, 2.75) is 0 Å². The van der Waals surface area contributed by atoms with Gasteiger partial charge in [0, 0.05) is 0 Å². The topological polar surface area (TPSA) is 101 Å². The van der Waals surface area contributed by atoms with Crippen LogP contribution in [0.1, 0.15) is 0 Å². The summed E-state index contributed by atoms with van der Waals surface area (Å²) in [7, 11) is -1.84. The van der Waals surface area contributed by atoms with Crippen LogP contribution in [-0.4, -0.2) is 7.12 Å². The highest BCUT2D eigenvalue weighted by atomic mass is 16.4. The molecule has 0 radical (unpaired) electrons. The number of rotatable bonds is 1. The Morgan fingerprint density at radius 1 is 0.522 bits per heavy atom. The van der Waals surface area contributed by atoms with E-state index in [-0.39, 0.29) is 0 Å². The van der Waals surface area contributed by atoms with Crippen molar-refractivity contribution < 1.29 is 21.5 Å². The Labute approximate surface area is 137 Å². The van der Waals surface area contributed by atoms with Gasteiger partial charge in [-0.2, -0.15) is 0 Å². The molecule has 6 N–H and O–H groups in total. The maximum absolute atomic E-state index is 10.2. The Balaban J connectivity index is 0.000000175. The fourth-order valence-corrected chi connectivity index (χ4v) is 1.57. The van der Waals surface area contributed by atoms with Crippen molar-refractivity contribution in [2.75, 3.05) is 0 Å². The fraction of sp³-hybridized carbons (Fsp3) is 0. The van der Waals surface area contributed by atoms with Crippen LogP contribution in [0.3, 0.4) is 0 Å². The van der Waals surface area contributed by atoms with Gasteiger partial charge in [0.1, 0.15) is 11.4 Å². The predicted octanol–water partition coefficient (Wildman–Crippen LogP) is -0.778. The summed E-state index contributed by atoms with van der Waals surface area (Å²) in [5, 5.41) is 20.3. The van der Waals surface area contributed by atoms with E-state index in [1.54, 1.807) is 18.2 Å². The predicted molar refractivity (Wildman–Crippen MR) is 89.8 cm³/mol. The lowest BCUT2D eigenvalue weighted by Gasteiger charge is -2.26. The lowest BCUT2D eigenvalue weighted by atomic mass is 9.81. The van der Waals surface area contributed by atoms with Gasteiger partial charge in [0.05, 0.1) is 0 Å². The second kappa shape index (κ2) is 11.2. The lowest BCUT2D eigenvalue weighted by molar-refractivity contribution is -0.341. The minimum Gasteiger partial charge on any atom is -0.889 e. The Morgan fingerprint density at radius 2 is 0.826 bits per heavy atom. The second-order valence-corrected chi connectivity index (χ2v) is 4.71. The van der Waals surface area contributed by atoms with Gasteiger partial charge in [0.25, 0.3) is 0 Å². The zero-order valence-electron chi connectivity index (χ0n) is 13.0. The van der Waals surface area contributed by atoms with E-state index in [4.69, 9.17) is 0 Å². The van der Waals surface area contributed by atoms with Gasteiger partial charge in [-0.1, -0.05) is 73.8 Å². The zero-order chi connectivity index (χ0) is 16.9. The summed E-state index contributed by atoms with van der Waals surface area (Å²) < 4.78 is 0. The molecule has 0 fully saturated rings. The Hall–Kier alpha value is -2.44. The fourth-order valence-electron chi connectivity index (χ4n) is 1.57. The molecule has 4 nitrogen and oxygen atoms in total. The van der Waals surface area contributed by atoms with Gasteiger partial charge in [-0.3, -0.25) is 0 Å². The van der Waals surface area contributed by atoms with Gasteiger partial charge in [-0.05, 0) is 24.3 Å². The maximum atomic E-state index is 10.2. The van der Waals surface area contributed by atoms with E-state index in [0.29, 0.717) is 5.46 Å². The summed E-state index contributed by atoms with van der Waals surface area (Å²) in [5.41, 5.74) is 9.89. The van der Waals surface area contributed by atoms with Crippen LogP contribution in [0.2, 0.25) is 0 Å². The lowest BCUT2D eigenvalue weighted by Crippen LogP contribution is -2.54. The van der Waals surface area contributed by atoms with E-state index >= 15 is 0 Å². The van der Waals surface area contributed by atoms with Gasteiger partial charge in [0.2, 0.25) is 0 Å². The second-order valence-electron chi connectivity index (χ2n) is 4.71. The van der Waals surface area contributed by atoms with Gasteiger partial charge in [-0.15, -0.1) is 5.46 Å². The molecule has 0 bridgehead atoms. The quantitative estimate of drug-likeness (QED) is 0.576. The third-order valence-electron chi connectivity index (χ3n) is 2.76. The molecule has 23 heavy (non-hydrogen) atoms. The average molecular weight is 308 g/mol. The summed E-state index contributed by atoms with van der Waals surface area (Å²) in [6.07, 6.45) is 0. The highest BCUT2D eigenvalue weighted by Gasteiger charge is 1.81. The van der Waals surface area contributed by atoms with Crippen LogP contribution in [0.15, 0.2) is 91.0 Å². The minimum absolute atomic E-state index is 0.303. The molecule has 3 aromatic carbocycles. The average Bonchev–Trinajstić information content (AvgIpc) is 2.58. The van der Waals surface area contributed by atoms with E-state index in [2.05, 4.69) is 11.5 Å². The number of hydrogen-bond donors (Lipinski definition) is 2. The summed E-state index contributed by atoms with van der Waals surface area (Å²) in [4.78, 5) is 0. The van der Waals surface area contributed by atoms with Gasteiger partial charge in [0.15, 0.2) is 0 Å². The minimum atomic E-state index is -1.84. The molecule has 0 saturated heterocycles. The molecule has 0 saturated carbocycles. The maximum Gasteiger partial charge on any atom is 0.127 e. The monoisotopic (exact) mass is 308 g/mol. The summed E-state index contributed by atoms with van der Waals surface area (Å²) in [6.45, 7) is 0. The summed E-state index contributed by atoms with van der Waals surface area (Å²) in [6, 6.07) is 27.9. The molecule has 0 heterocycles. The molecule has 5 heteroatoms. The Kier molecular flexibility index (Phi) is 9.04. The molecule has 0 atom stereocenters. The highest BCUT2D eigenvalue weighted by Crippen LogP contribution is 1.93. The molecule has 0 spiro atoms. The molecule has 0 aliphatic heterocycles. The molecule has 0 unspecified atom stereocenters.